The van der Waals surface area contributed by atoms with Crippen molar-refractivity contribution in [2.45, 2.75) is 25.9 Å². The number of nitrogens with zero attached hydrogens (tertiary/aromatic N) is 2. The van der Waals surface area contributed by atoms with E-state index in [0.717, 1.165) is 29.0 Å². The highest BCUT2D eigenvalue weighted by atomic mass is 35.5. The van der Waals surface area contributed by atoms with Crippen LogP contribution in [-0.2, 0) is 6.54 Å². The Morgan fingerprint density at radius 1 is 1.03 bits per heavy atom. The fourth-order valence-corrected chi connectivity index (χ4v) is 3.94. The first-order chi connectivity index (χ1) is 15.5. The number of hydrogen-bond donors (Lipinski definition) is 1. The highest BCUT2D eigenvalue weighted by Gasteiger charge is 2.20. The summed E-state index contributed by atoms with van der Waals surface area (Å²) in [4.78, 5) is 17.5. The largest absolute Gasteiger partial charge is 0.494 e. The normalized spacial score (nSPS) is 12.0. The minimum Gasteiger partial charge on any atom is -0.494 e. The number of para-hydroxylation sites is 2. The second-order valence-electron chi connectivity index (χ2n) is 7.44. The number of imidazole rings is 1. The molecule has 0 fully saturated rings. The molecule has 0 radical (unpaired) electrons. The van der Waals surface area contributed by atoms with E-state index in [9.17, 15) is 4.79 Å². The zero-order valence-corrected chi connectivity index (χ0v) is 19.1. The summed E-state index contributed by atoms with van der Waals surface area (Å²) in [7, 11) is 0. The van der Waals surface area contributed by atoms with E-state index in [1.165, 1.54) is 0 Å². The maximum absolute atomic E-state index is 12.8. The number of carbonyl (C=O) groups excluding carboxylic acids is 1. The van der Waals surface area contributed by atoms with Crippen LogP contribution in [0.5, 0.6) is 5.75 Å². The Balaban J connectivity index is 1.48. The van der Waals surface area contributed by atoms with Gasteiger partial charge in [-0.25, -0.2) is 4.98 Å². The highest BCUT2D eigenvalue weighted by molar-refractivity contribution is 6.33. The summed E-state index contributed by atoms with van der Waals surface area (Å²) in [6.07, 6.45) is 0.779. The Kier molecular flexibility index (Phi) is 6.98. The molecule has 1 heterocycles. The summed E-state index contributed by atoms with van der Waals surface area (Å²) in [6.45, 7) is 3.18. The topological polar surface area (TPSA) is 56.2 Å². The molecular formula is C25H23Cl2N3O2. The number of nitrogens with one attached hydrogen (secondary N) is 1. The van der Waals surface area contributed by atoms with E-state index in [4.69, 9.17) is 32.9 Å². The molecule has 32 heavy (non-hydrogen) atoms. The molecule has 5 nitrogen and oxygen atoms in total. The number of rotatable bonds is 8. The van der Waals surface area contributed by atoms with E-state index in [-0.39, 0.29) is 11.9 Å². The van der Waals surface area contributed by atoms with Gasteiger partial charge in [-0.1, -0.05) is 47.5 Å². The molecule has 0 bridgehead atoms. The number of halogens is 2. The number of aromatic nitrogens is 2. The minimum absolute atomic E-state index is 0.229. The van der Waals surface area contributed by atoms with Gasteiger partial charge in [-0.05, 0) is 61.9 Å². The lowest BCUT2D eigenvalue weighted by Gasteiger charge is -2.17. The van der Waals surface area contributed by atoms with Gasteiger partial charge in [0.1, 0.15) is 11.6 Å². The van der Waals surface area contributed by atoms with Gasteiger partial charge in [0, 0.05) is 11.6 Å². The van der Waals surface area contributed by atoms with Gasteiger partial charge in [0.15, 0.2) is 0 Å². The van der Waals surface area contributed by atoms with Gasteiger partial charge in [0.25, 0.3) is 5.91 Å². The van der Waals surface area contributed by atoms with Crippen LogP contribution in [0.25, 0.3) is 11.0 Å². The molecule has 1 N–H and O–H groups in total. The lowest BCUT2D eigenvalue weighted by Crippen LogP contribution is -2.29. The second-order valence-corrected chi connectivity index (χ2v) is 8.28. The standard InChI is InChI=1S/C25H23Cl2N3O2/c1-17(28-25(31)20-7-2-3-8-21(20)27)24-29-22-9-4-5-10-23(22)30(24)15-6-16-32-19-13-11-18(26)12-14-19/h2-5,7-14,17H,6,15-16H2,1H3,(H,28,31). The van der Waals surface area contributed by atoms with Gasteiger partial charge >= 0.3 is 0 Å². The average molecular weight is 468 g/mol. The van der Waals surface area contributed by atoms with E-state index < -0.39 is 0 Å². The van der Waals surface area contributed by atoms with Crippen LogP contribution in [0.3, 0.4) is 0 Å². The Morgan fingerprint density at radius 3 is 2.53 bits per heavy atom. The summed E-state index contributed by atoms with van der Waals surface area (Å²) in [5.74, 6) is 1.34. The van der Waals surface area contributed by atoms with E-state index in [1.807, 2.05) is 55.5 Å². The molecular weight excluding hydrogens is 445 g/mol. The predicted octanol–water partition coefficient (Wildman–Crippen LogP) is 6.30. The Labute approximate surface area is 196 Å². The molecule has 1 atom stereocenters. The molecule has 1 amide bonds. The molecule has 3 aromatic carbocycles. The summed E-state index contributed by atoms with van der Waals surface area (Å²) in [5.41, 5.74) is 2.35. The first-order valence-electron chi connectivity index (χ1n) is 10.4. The van der Waals surface area contributed by atoms with E-state index >= 15 is 0 Å². The van der Waals surface area contributed by atoms with Crippen molar-refractivity contribution in [3.05, 3.63) is 94.2 Å². The van der Waals surface area contributed by atoms with Crippen molar-refractivity contribution in [3.63, 3.8) is 0 Å². The predicted molar refractivity (Wildman–Crippen MR) is 129 cm³/mol. The lowest BCUT2D eigenvalue weighted by molar-refractivity contribution is 0.0937. The molecule has 0 aliphatic carbocycles. The Morgan fingerprint density at radius 2 is 1.75 bits per heavy atom. The molecule has 164 valence electrons. The van der Waals surface area contributed by atoms with E-state index in [2.05, 4.69) is 9.88 Å². The van der Waals surface area contributed by atoms with Crippen LogP contribution in [0.15, 0.2) is 72.8 Å². The minimum atomic E-state index is -0.302. The number of benzene rings is 3. The van der Waals surface area contributed by atoms with Gasteiger partial charge in [0.2, 0.25) is 0 Å². The van der Waals surface area contributed by atoms with Crippen LogP contribution >= 0.6 is 23.2 Å². The van der Waals surface area contributed by atoms with Crippen molar-refractivity contribution >= 4 is 40.1 Å². The molecule has 0 aliphatic rings. The number of ether oxygens (including phenoxy) is 1. The molecule has 4 rings (SSSR count). The number of carbonyl (C=O) groups is 1. The van der Waals surface area contributed by atoms with Gasteiger partial charge in [-0.3, -0.25) is 4.79 Å². The van der Waals surface area contributed by atoms with Crippen LogP contribution in [0.4, 0.5) is 0 Å². The average Bonchev–Trinajstić information content (AvgIpc) is 3.17. The fraction of sp³-hybridized carbons (Fsp3) is 0.200. The van der Waals surface area contributed by atoms with Crippen LogP contribution in [0.1, 0.15) is 35.6 Å². The lowest BCUT2D eigenvalue weighted by atomic mass is 10.2. The van der Waals surface area contributed by atoms with Gasteiger partial charge in [-0.15, -0.1) is 0 Å². The number of fused-ring (bicyclic) bond motifs is 1. The second kappa shape index (κ2) is 10.1. The molecule has 7 heteroatoms. The third-order valence-electron chi connectivity index (χ3n) is 5.15. The Bertz CT molecular complexity index is 1220. The Hall–Kier alpha value is -3.02. The number of hydrogen-bond acceptors (Lipinski definition) is 3. The highest BCUT2D eigenvalue weighted by Crippen LogP contribution is 2.23. The summed E-state index contributed by atoms with van der Waals surface area (Å²) in [5, 5.41) is 4.13. The van der Waals surface area contributed by atoms with Crippen molar-refractivity contribution in [2.75, 3.05) is 6.61 Å². The van der Waals surface area contributed by atoms with Crippen molar-refractivity contribution in [1.29, 1.82) is 0 Å². The number of amides is 1. The fourth-order valence-electron chi connectivity index (χ4n) is 3.59. The maximum atomic E-state index is 12.8. The molecule has 0 spiro atoms. The summed E-state index contributed by atoms with van der Waals surface area (Å²) in [6, 6.07) is 22.0. The van der Waals surface area contributed by atoms with Crippen molar-refractivity contribution in [1.82, 2.24) is 14.9 Å². The first kappa shape index (κ1) is 22.2. The van der Waals surface area contributed by atoms with Crippen LogP contribution in [0, 0.1) is 0 Å². The molecule has 0 aliphatic heterocycles. The monoisotopic (exact) mass is 467 g/mol. The maximum Gasteiger partial charge on any atom is 0.253 e. The molecule has 0 saturated carbocycles. The SMILES string of the molecule is CC(NC(=O)c1ccccc1Cl)c1nc2ccccc2n1CCCOc1ccc(Cl)cc1. The molecule has 1 aromatic heterocycles. The molecule has 0 saturated heterocycles. The van der Waals surface area contributed by atoms with Crippen molar-refractivity contribution < 1.29 is 9.53 Å². The third-order valence-corrected chi connectivity index (χ3v) is 5.73. The first-order valence-corrected chi connectivity index (χ1v) is 11.2. The van der Waals surface area contributed by atoms with Gasteiger partial charge < -0.3 is 14.6 Å². The van der Waals surface area contributed by atoms with Gasteiger partial charge in [0.05, 0.1) is 34.3 Å². The van der Waals surface area contributed by atoms with Crippen molar-refractivity contribution in [2.24, 2.45) is 0 Å². The summed E-state index contributed by atoms with van der Waals surface area (Å²) >= 11 is 12.1. The zero-order chi connectivity index (χ0) is 22.5. The summed E-state index contributed by atoms with van der Waals surface area (Å²) < 4.78 is 7.97. The molecule has 4 aromatic rings. The van der Waals surface area contributed by atoms with Crippen molar-refractivity contribution in [3.8, 4) is 5.75 Å². The van der Waals surface area contributed by atoms with Crippen LogP contribution in [-0.4, -0.2) is 22.1 Å². The van der Waals surface area contributed by atoms with Crippen LogP contribution < -0.4 is 10.1 Å². The van der Waals surface area contributed by atoms with E-state index in [1.54, 1.807) is 24.3 Å². The van der Waals surface area contributed by atoms with E-state index in [0.29, 0.717) is 28.8 Å². The van der Waals surface area contributed by atoms with Gasteiger partial charge in [-0.2, -0.15) is 0 Å². The third kappa shape index (κ3) is 5.06. The smallest absolute Gasteiger partial charge is 0.253 e. The molecule has 1 unspecified atom stereocenters. The zero-order valence-electron chi connectivity index (χ0n) is 17.6. The quantitative estimate of drug-likeness (QED) is 0.309. The number of aryl methyl sites for hydroxylation is 1. The van der Waals surface area contributed by atoms with Crippen LogP contribution in [0.2, 0.25) is 10.0 Å².